The van der Waals surface area contributed by atoms with Crippen LogP contribution in [0.25, 0.3) is 0 Å². The zero-order valence-corrected chi connectivity index (χ0v) is 10.6. The van der Waals surface area contributed by atoms with Crippen LogP contribution in [0, 0.1) is 5.92 Å². The number of nitrogens with zero attached hydrogens (tertiary/aromatic N) is 1. The average molecular weight is 252 g/mol. The van der Waals surface area contributed by atoms with E-state index in [1.165, 1.54) is 4.90 Å². The number of carbonyl (C=O) groups is 2. The number of hydrogen-bond donors (Lipinski definition) is 0. The lowest BCUT2D eigenvalue weighted by Gasteiger charge is -2.20. The summed E-state index contributed by atoms with van der Waals surface area (Å²) in [6, 6.07) is 4.94. The maximum absolute atomic E-state index is 11.9. The predicted molar refractivity (Wildman–Crippen MR) is 67.6 cm³/mol. The lowest BCUT2D eigenvalue weighted by Crippen LogP contribution is -2.33. The van der Waals surface area contributed by atoms with E-state index in [0.29, 0.717) is 28.7 Å². The Labute approximate surface area is 105 Å². The molecule has 1 aliphatic rings. The minimum atomic E-state index is -0.442. The van der Waals surface area contributed by atoms with Crippen LogP contribution >= 0.6 is 11.6 Å². The zero-order chi connectivity index (χ0) is 12.6. The lowest BCUT2D eigenvalue weighted by atomic mass is 10.1. The van der Waals surface area contributed by atoms with E-state index in [-0.39, 0.29) is 0 Å². The number of rotatable bonds is 3. The summed E-state index contributed by atoms with van der Waals surface area (Å²) in [4.78, 5) is 25.2. The summed E-state index contributed by atoms with van der Waals surface area (Å²) >= 11 is 5.91. The van der Waals surface area contributed by atoms with Crippen molar-refractivity contribution in [1.82, 2.24) is 0 Å². The standard InChI is InChI=1S/C13H14ClNO2/c1-3-8(2)7-15-11-6-9(14)4-5-10(11)12(16)13(15)17/h4-6,8H,3,7H2,1-2H3. The molecular formula is C13H14ClNO2. The molecule has 1 amide bonds. The molecule has 17 heavy (non-hydrogen) atoms. The molecule has 0 saturated carbocycles. The third-order valence-electron chi connectivity index (χ3n) is 3.13. The number of Topliss-reactive ketones (excluding diaryl/α,β-unsaturated/α-hetero) is 1. The molecule has 1 atom stereocenters. The Balaban J connectivity index is 2.39. The molecule has 1 heterocycles. The number of halogens is 1. The Morgan fingerprint density at radius 3 is 2.71 bits per heavy atom. The van der Waals surface area contributed by atoms with Crippen LogP contribution in [-0.4, -0.2) is 18.2 Å². The van der Waals surface area contributed by atoms with Gasteiger partial charge in [0, 0.05) is 11.6 Å². The van der Waals surface area contributed by atoms with Crippen molar-refractivity contribution in [2.24, 2.45) is 5.92 Å². The Hall–Kier alpha value is -1.35. The van der Waals surface area contributed by atoms with Gasteiger partial charge in [-0.1, -0.05) is 31.9 Å². The number of benzene rings is 1. The monoisotopic (exact) mass is 251 g/mol. The number of amides is 1. The van der Waals surface area contributed by atoms with E-state index in [0.717, 1.165) is 6.42 Å². The molecule has 1 unspecified atom stereocenters. The largest absolute Gasteiger partial charge is 0.304 e. The number of carbonyl (C=O) groups excluding carboxylic acids is 2. The third-order valence-corrected chi connectivity index (χ3v) is 3.36. The summed E-state index contributed by atoms with van der Waals surface area (Å²) < 4.78 is 0. The molecule has 0 fully saturated rings. The molecule has 90 valence electrons. The second-order valence-electron chi connectivity index (χ2n) is 4.42. The van der Waals surface area contributed by atoms with Gasteiger partial charge in [0.05, 0.1) is 11.3 Å². The van der Waals surface area contributed by atoms with Crippen molar-refractivity contribution in [3.05, 3.63) is 28.8 Å². The Bertz CT molecular complexity index is 484. The van der Waals surface area contributed by atoms with Crippen molar-refractivity contribution in [1.29, 1.82) is 0 Å². The molecule has 4 heteroatoms. The summed E-state index contributed by atoms with van der Waals surface area (Å²) in [7, 11) is 0. The van der Waals surface area contributed by atoms with E-state index >= 15 is 0 Å². The van der Waals surface area contributed by atoms with Crippen molar-refractivity contribution >= 4 is 29.0 Å². The van der Waals surface area contributed by atoms with E-state index in [4.69, 9.17) is 11.6 Å². The fraction of sp³-hybridized carbons (Fsp3) is 0.385. The molecule has 0 aromatic heterocycles. The molecule has 2 rings (SSSR count). The summed E-state index contributed by atoms with van der Waals surface area (Å²) in [5.74, 6) is -0.515. The van der Waals surface area contributed by atoms with Gasteiger partial charge in [-0.3, -0.25) is 9.59 Å². The zero-order valence-electron chi connectivity index (χ0n) is 9.87. The molecule has 0 saturated heterocycles. The van der Waals surface area contributed by atoms with Gasteiger partial charge >= 0.3 is 0 Å². The number of ketones is 1. The first-order valence-corrected chi connectivity index (χ1v) is 6.08. The highest BCUT2D eigenvalue weighted by atomic mass is 35.5. The van der Waals surface area contributed by atoms with Crippen LogP contribution in [0.1, 0.15) is 30.6 Å². The summed E-state index contributed by atoms with van der Waals surface area (Å²) in [6.07, 6.45) is 0.966. The second-order valence-corrected chi connectivity index (χ2v) is 4.86. The van der Waals surface area contributed by atoms with E-state index in [9.17, 15) is 9.59 Å². The molecular weight excluding hydrogens is 238 g/mol. The maximum atomic E-state index is 11.9. The van der Waals surface area contributed by atoms with Gasteiger partial charge in [-0.05, 0) is 24.1 Å². The van der Waals surface area contributed by atoms with Gasteiger partial charge in [0.25, 0.3) is 11.7 Å². The first kappa shape index (κ1) is 12.1. The highest BCUT2D eigenvalue weighted by Crippen LogP contribution is 2.32. The van der Waals surface area contributed by atoms with Crippen molar-refractivity contribution < 1.29 is 9.59 Å². The predicted octanol–water partition coefficient (Wildman–Crippen LogP) is 2.92. The van der Waals surface area contributed by atoms with Crippen LogP contribution in [-0.2, 0) is 4.79 Å². The molecule has 0 N–H and O–H groups in total. The van der Waals surface area contributed by atoms with E-state index in [1.807, 2.05) is 0 Å². The number of fused-ring (bicyclic) bond motifs is 1. The van der Waals surface area contributed by atoms with Crippen LogP contribution < -0.4 is 4.90 Å². The summed E-state index contributed by atoms with van der Waals surface area (Å²) in [6.45, 7) is 4.68. The first-order valence-electron chi connectivity index (χ1n) is 5.70. The first-order chi connectivity index (χ1) is 8.04. The SMILES string of the molecule is CCC(C)CN1C(=O)C(=O)c2ccc(Cl)cc21. The second kappa shape index (κ2) is 4.49. The van der Waals surface area contributed by atoms with E-state index in [1.54, 1.807) is 18.2 Å². The van der Waals surface area contributed by atoms with Gasteiger partial charge < -0.3 is 4.90 Å². The molecule has 3 nitrogen and oxygen atoms in total. The van der Waals surface area contributed by atoms with Gasteiger partial charge in [-0.15, -0.1) is 0 Å². The average Bonchev–Trinajstić information content (AvgIpc) is 2.54. The van der Waals surface area contributed by atoms with Crippen LogP contribution in [0.3, 0.4) is 0 Å². The maximum Gasteiger partial charge on any atom is 0.299 e. The molecule has 1 aliphatic heterocycles. The van der Waals surface area contributed by atoms with Gasteiger partial charge in [0.1, 0.15) is 0 Å². The summed E-state index contributed by atoms with van der Waals surface area (Å²) in [5, 5.41) is 0.542. The van der Waals surface area contributed by atoms with Gasteiger partial charge in [-0.2, -0.15) is 0 Å². The van der Waals surface area contributed by atoms with Crippen molar-refractivity contribution in [3.63, 3.8) is 0 Å². The van der Waals surface area contributed by atoms with Crippen molar-refractivity contribution in [2.45, 2.75) is 20.3 Å². The minimum absolute atomic E-state index is 0.358. The fourth-order valence-corrected chi connectivity index (χ4v) is 2.06. The van der Waals surface area contributed by atoms with Crippen LogP contribution in [0.15, 0.2) is 18.2 Å². The highest BCUT2D eigenvalue weighted by molar-refractivity contribution is 6.52. The van der Waals surface area contributed by atoms with Crippen molar-refractivity contribution in [2.75, 3.05) is 11.4 Å². The van der Waals surface area contributed by atoms with Crippen LogP contribution in [0.2, 0.25) is 5.02 Å². The normalized spacial score (nSPS) is 16.3. The summed E-state index contributed by atoms with van der Waals surface area (Å²) in [5.41, 5.74) is 1.11. The molecule has 0 bridgehead atoms. The van der Waals surface area contributed by atoms with E-state index in [2.05, 4.69) is 13.8 Å². The molecule has 0 spiro atoms. The Morgan fingerprint density at radius 2 is 2.06 bits per heavy atom. The third kappa shape index (κ3) is 2.07. The Kier molecular flexibility index (Phi) is 3.20. The topological polar surface area (TPSA) is 37.4 Å². The number of hydrogen-bond acceptors (Lipinski definition) is 2. The molecule has 0 aliphatic carbocycles. The lowest BCUT2D eigenvalue weighted by molar-refractivity contribution is -0.114. The van der Waals surface area contributed by atoms with Crippen molar-refractivity contribution in [3.8, 4) is 0 Å². The molecule has 0 radical (unpaired) electrons. The smallest absolute Gasteiger partial charge is 0.299 e. The number of anilines is 1. The minimum Gasteiger partial charge on any atom is -0.304 e. The van der Waals surface area contributed by atoms with E-state index < -0.39 is 11.7 Å². The highest BCUT2D eigenvalue weighted by Gasteiger charge is 2.36. The quantitative estimate of drug-likeness (QED) is 0.775. The van der Waals surface area contributed by atoms with Gasteiger partial charge in [-0.25, -0.2) is 0 Å². The van der Waals surface area contributed by atoms with Crippen LogP contribution in [0.5, 0.6) is 0 Å². The molecule has 1 aromatic rings. The fourth-order valence-electron chi connectivity index (χ4n) is 1.89. The van der Waals surface area contributed by atoms with Crippen LogP contribution in [0.4, 0.5) is 5.69 Å². The Morgan fingerprint density at radius 1 is 1.35 bits per heavy atom. The van der Waals surface area contributed by atoms with Gasteiger partial charge in [0.2, 0.25) is 0 Å². The van der Waals surface area contributed by atoms with Gasteiger partial charge in [0.15, 0.2) is 0 Å². The molecule has 1 aromatic carbocycles.